The van der Waals surface area contributed by atoms with Gasteiger partial charge in [-0.3, -0.25) is 9.78 Å². The Labute approximate surface area is 183 Å². The molecule has 1 saturated heterocycles. The lowest BCUT2D eigenvalue weighted by Gasteiger charge is -2.31. The highest BCUT2D eigenvalue weighted by molar-refractivity contribution is 7.15. The van der Waals surface area contributed by atoms with Crippen molar-refractivity contribution in [2.75, 3.05) is 18.4 Å². The molecule has 30 heavy (non-hydrogen) atoms. The van der Waals surface area contributed by atoms with E-state index in [0.29, 0.717) is 13.1 Å². The van der Waals surface area contributed by atoms with Crippen LogP contribution in [0.4, 0.5) is 10.9 Å². The van der Waals surface area contributed by atoms with Crippen molar-refractivity contribution < 1.29 is 4.79 Å². The number of thiazole rings is 2. The van der Waals surface area contributed by atoms with Crippen LogP contribution in [0.2, 0.25) is 0 Å². The Morgan fingerprint density at radius 1 is 1.17 bits per heavy atom. The topological polar surface area (TPSA) is 83.9 Å². The van der Waals surface area contributed by atoms with Crippen molar-refractivity contribution >= 4 is 45.6 Å². The number of hydrogen-bond acceptors (Lipinski definition) is 8. The maximum atomic E-state index is 12.5. The van der Waals surface area contributed by atoms with Gasteiger partial charge >= 0.3 is 0 Å². The number of piperidine rings is 1. The second-order valence-corrected chi connectivity index (χ2v) is 9.57. The number of rotatable bonds is 5. The molecule has 1 N–H and O–H groups in total. The lowest BCUT2D eigenvalue weighted by atomic mass is 9.93. The predicted octanol–water partition coefficient (Wildman–Crippen LogP) is 4.48. The van der Waals surface area contributed by atoms with Crippen LogP contribution in [0.5, 0.6) is 0 Å². The zero-order chi connectivity index (χ0) is 21.1. The SMILES string of the molecule is Cc1nc(C=CC(=O)N2CCC(c3nccnc3Nc3nc(C)c(C)s3)CC2)cs1. The molecule has 0 radical (unpaired) electrons. The van der Waals surface area contributed by atoms with Crippen LogP contribution in [0.1, 0.15) is 45.7 Å². The zero-order valence-corrected chi connectivity index (χ0v) is 18.9. The monoisotopic (exact) mass is 440 g/mol. The first kappa shape index (κ1) is 20.6. The Bertz CT molecular complexity index is 1050. The molecule has 0 aliphatic carbocycles. The number of carbonyl (C=O) groups excluding carboxylic acids is 1. The molecule has 1 amide bonds. The number of amides is 1. The molecule has 4 rings (SSSR count). The molecule has 0 saturated carbocycles. The van der Waals surface area contributed by atoms with Crippen LogP contribution in [0.15, 0.2) is 23.8 Å². The third kappa shape index (κ3) is 4.73. The fourth-order valence-corrected chi connectivity index (χ4v) is 4.86. The maximum Gasteiger partial charge on any atom is 0.246 e. The quantitative estimate of drug-likeness (QED) is 0.589. The standard InChI is InChI=1S/C21H24N6OS2/c1-13-14(2)30-21(24-13)26-20-19(22-8-9-23-20)16-6-10-27(11-7-16)18(28)5-4-17-12-29-15(3)25-17/h4-5,8-9,12,16H,6-7,10-11H2,1-3H3,(H,23,24,26). The minimum Gasteiger partial charge on any atom is -0.339 e. The number of carbonyl (C=O) groups is 1. The average molecular weight is 441 g/mol. The van der Waals surface area contributed by atoms with Crippen molar-refractivity contribution in [3.8, 4) is 0 Å². The Morgan fingerprint density at radius 3 is 2.60 bits per heavy atom. The maximum absolute atomic E-state index is 12.5. The molecule has 3 aromatic rings. The molecule has 0 unspecified atom stereocenters. The van der Waals surface area contributed by atoms with E-state index in [9.17, 15) is 4.79 Å². The molecule has 7 nitrogen and oxygen atoms in total. The Morgan fingerprint density at radius 2 is 1.93 bits per heavy atom. The van der Waals surface area contributed by atoms with Gasteiger partial charge in [0.1, 0.15) is 0 Å². The highest BCUT2D eigenvalue weighted by Gasteiger charge is 2.26. The molecule has 0 spiro atoms. The van der Waals surface area contributed by atoms with Crippen molar-refractivity contribution in [3.05, 3.63) is 50.8 Å². The highest BCUT2D eigenvalue weighted by Crippen LogP contribution is 2.33. The number of nitrogens with zero attached hydrogens (tertiary/aromatic N) is 5. The summed E-state index contributed by atoms with van der Waals surface area (Å²) in [5.74, 6) is 1.05. The smallest absolute Gasteiger partial charge is 0.246 e. The summed E-state index contributed by atoms with van der Waals surface area (Å²) >= 11 is 3.20. The lowest BCUT2D eigenvalue weighted by molar-refractivity contribution is -0.126. The van der Waals surface area contributed by atoms with Crippen LogP contribution in [-0.2, 0) is 4.79 Å². The van der Waals surface area contributed by atoms with E-state index in [2.05, 4.69) is 32.2 Å². The predicted molar refractivity (Wildman–Crippen MR) is 121 cm³/mol. The molecule has 0 aromatic carbocycles. The molecule has 1 aliphatic heterocycles. The Kier molecular flexibility index (Phi) is 6.19. The number of likely N-dealkylation sites (tertiary alicyclic amines) is 1. The van der Waals surface area contributed by atoms with Gasteiger partial charge < -0.3 is 10.2 Å². The van der Waals surface area contributed by atoms with Gasteiger partial charge in [-0.2, -0.15) is 0 Å². The van der Waals surface area contributed by atoms with E-state index < -0.39 is 0 Å². The van der Waals surface area contributed by atoms with E-state index in [1.807, 2.05) is 24.1 Å². The second-order valence-electron chi connectivity index (χ2n) is 7.30. The van der Waals surface area contributed by atoms with Crippen LogP contribution in [-0.4, -0.2) is 43.8 Å². The van der Waals surface area contributed by atoms with Crippen LogP contribution in [0, 0.1) is 20.8 Å². The Hall–Kier alpha value is -2.65. The fraction of sp³-hybridized carbons (Fsp3) is 0.381. The van der Waals surface area contributed by atoms with Crippen molar-refractivity contribution in [3.63, 3.8) is 0 Å². The summed E-state index contributed by atoms with van der Waals surface area (Å²) in [5.41, 5.74) is 2.81. The molecule has 0 atom stereocenters. The fourth-order valence-electron chi connectivity index (χ4n) is 3.46. The van der Waals surface area contributed by atoms with E-state index in [1.54, 1.807) is 47.2 Å². The van der Waals surface area contributed by atoms with Gasteiger partial charge in [-0.15, -0.1) is 22.7 Å². The molecule has 9 heteroatoms. The second kappa shape index (κ2) is 9.01. The summed E-state index contributed by atoms with van der Waals surface area (Å²) in [4.78, 5) is 33.6. The number of aryl methyl sites for hydroxylation is 3. The van der Waals surface area contributed by atoms with Gasteiger partial charge in [-0.1, -0.05) is 0 Å². The third-order valence-electron chi connectivity index (χ3n) is 5.21. The molecule has 4 heterocycles. The van der Waals surface area contributed by atoms with Gasteiger partial charge in [0.25, 0.3) is 0 Å². The average Bonchev–Trinajstić information content (AvgIpc) is 3.31. The van der Waals surface area contributed by atoms with E-state index in [1.165, 1.54) is 4.88 Å². The lowest BCUT2D eigenvalue weighted by Crippen LogP contribution is -2.37. The van der Waals surface area contributed by atoms with E-state index in [-0.39, 0.29) is 11.8 Å². The van der Waals surface area contributed by atoms with Crippen molar-refractivity contribution in [1.29, 1.82) is 0 Å². The summed E-state index contributed by atoms with van der Waals surface area (Å²) < 4.78 is 0. The summed E-state index contributed by atoms with van der Waals surface area (Å²) in [6.45, 7) is 7.43. The first-order valence-electron chi connectivity index (χ1n) is 9.90. The number of aromatic nitrogens is 4. The highest BCUT2D eigenvalue weighted by atomic mass is 32.1. The molecule has 156 valence electrons. The summed E-state index contributed by atoms with van der Waals surface area (Å²) in [5, 5.41) is 7.13. The van der Waals surface area contributed by atoms with Crippen LogP contribution in [0.25, 0.3) is 6.08 Å². The van der Waals surface area contributed by atoms with E-state index in [4.69, 9.17) is 0 Å². The first-order chi connectivity index (χ1) is 14.5. The Balaban J connectivity index is 1.39. The van der Waals surface area contributed by atoms with E-state index in [0.717, 1.165) is 45.9 Å². The van der Waals surface area contributed by atoms with E-state index >= 15 is 0 Å². The minimum absolute atomic E-state index is 0.0327. The van der Waals surface area contributed by atoms with Crippen LogP contribution < -0.4 is 5.32 Å². The van der Waals surface area contributed by atoms with Gasteiger partial charge in [0.15, 0.2) is 10.9 Å². The van der Waals surface area contributed by atoms with Crippen LogP contribution in [0.3, 0.4) is 0 Å². The van der Waals surface area contributed by atoms with Gasteiger partial charge in [-0.05, 0) is 39.7 Å². The molecule has 1 fully saturated rings. The summed E-state index contributed by atoms with van der Waals surface area (Å²) in [6.07, 6.45) is 8.56. The normalized spacial score (nSPS) is 15.1. The molecule has 1 aliphatic rings. The van der Waals surface area contributed by atoms with Gasteiger partial charge in [0.2, 0.25) is 5.91 Å². The summed E-state index contributed by atoms with van der Waals surface area (Å²) in [6, 6.07) is 0. The molecular formula is C21H24N6OS2. The van der Waals surface area contributed by atoms with Gasteiger partial charge in [-0.25, -0.2) is 15.0 Å². The minimum atomic E-state index is 0.0327. The molecule has 0 bridgehead atoms. The van der Waals surface area contributed by atoms with Crippen LogP contribution >= 0.6 is 22.7 Å². The summed E-state index contributed by atoms with van der Waals surface area (Å²) in [7, 11) is 0. The van der Waals surface area contributed by atoms with Crippen molar-refractivity contribution in [2.45, 2.75) is 39.5 Å². The van der Waals surface area contributed by atoms with Crippen molar-refractivity contribution in [2.24, 2.45) is 0 Å². The van der Waals surface area contributed by atoms with Gasteiger partial charge in [0, 0.05) is 47.7 Å². The largest absolute Gasteiger partial charge is 0.339 e. The first-order valence-corrected chi connectivity index (χ1v) is 11.6. The molecular weight excluding hydrogens is 416 g/mol. The third-order valence-corrected chi connectivity index (χ3v) is 6.99. The number of nitrogens with one attached hydrogen (secondary N) is 1. The molecule has 3 aromatic heterocycles. The van der Waals surface area contributed by atoms with Crippen molar-refractivity contribution in [1.82, 2.24) is 24.8 Å². The van der Waals surface area contributed by atoms with Gasteiger partial charge in [0.05, 0.1) is 22.1 Å². The number of anilines is 2. The number of hydrogen-bond donors (Lipinski definition) is 1. The zero-order valence-electron chi connectivity index (χ0n) is 17.3.